The van der Waals surface area contributed by atoms with Crippen molar-refractivity contribution in [2.24, 2.45) is 0 Å². The van der Waals surface area contributed by atoms with Gasteiger partial charge < -0.3 is 9.30 Å². The van der Waals surface area contributed by atoms with E-state index in [4.69, 9.17) is 16.3 Å². The van der Waals surface area contributed by atoms with Crippen molar-refractivity contribution in [1.29, 1.82) is 0 Å². The van der Waals surface area contributed by atoms with Crippen LogP contribution in [0, 0.1) is 0 Å². The number of fused-ring (bicyclic) bond motifs is 1. The molecule has 2 heterocycles. The van der Waals surface area contributed by atoms with E-state index >= 15 is 0 Å². The Morgan fingerprint density at radius 2 is 1.90 bits per heavy atom. The molecule has 0 atom stereocenters. The third-order valence-electron chi connectivity index (χ3n) is 4.77. The predicted molar refractivity (Wildman–Crippen MR) is 112 cm³/mol. The van der Waals surface area contributed by atoms with Gasteiger partial charge in [-0.05, 0) is 36.8 Å². The molecule has 0 saturated carbocycles. The van der Waals surface area contributed by atoms with Crippen molar-refractivity contribution in [2.75, 3.05) is 7.11 Å². The monoisotopic (exact) mass is 410 g/mol. The van der Waals surface area contributed by atoms with Crippen molar-refractivity contribution in [3.8, 4) is 11.4 Å². The number of halogens is 1. The quantitative estimate of drug-likeness (QED) is 0.507. The van der Waals surface area contributed by atoms with E-state index in [9.17, 15) is 9.59 Å². The van der Waals surface area contributed by atoms with Gasteiger partial charge in [0.2, 0.25) is 0 Å². The first-order valence-corrected chi connectivity index (χ1v) is 9.51. The molecule has 0 amide bonds. The molecular formula is C21H19ClN4O3. The molecule has 4 aromatic rings. The largest absolute Gasteiger partial charge is 0.497 e. The number of imidazole rings is 1. The Kier molecular flexibility index (Phi) is 4.98. The molecule has 148 valence electrons. The third kappa shape index (κ3) is 3.34. The van der Waals surface area contributed by atoms with E-state index in [1.54, 1.807) is 55.3 Å². The highest BCUT2D eigenvalue weighted by Gasteiger charge is 2.19. The second-order valence-electron chi connectivity index (χ2n) is 6.54. The van der Waals surface area contributed by atoms with E-state index in [2.05, 4.69) is 4.98 Å². The van der Waals surface area contributed by atoms with Gasteiger partial charge in [0.05, 0.1) is 19.1 Å². The first-order chi connectivity index (χ1) is 14.0. The van der Waals surface area contributed by atoms with Crippen LogP contribution in [0.2, 0.25) is 5.02 Å². The minimum Gasteiger partial charge on any atom is -0.497 e. The molecule has 2 aromatic carbocycles. The number of methoxy groups -OCH3 is 1. The van der Waals surface area contributed by atoms with Gasteiger partial charge in [-0.15, -0.1) is 0 Å². The van der Waals surface area contributed by atoms with E-state index in [1.165, 1.54) is 9.13 Å². The highest BCUT2D eigenvalue weighted by atomic mass is 35.5. The lowest BCUT2D eigenvalue weighted by molar-refractivity contribution is 0.414. The molecule has 0 saturated heterocycles. The average Bonchev–Trinajstić information content (AvgIpc) is 3.12. The fourth-order valence-electron chi connectivity index (χ4n) is 3.39. The summed E-state index contributed by atoms with van der Waals surface area (Å²) in [4.78, 5) is 30.5. The van der Waals surface area contributed by atoms with Gasteiger partial charge >= 0.3 is 5.69 Å². The smallest absolute Gasteiger partial charge is 0.337 e. The van der Waals surface area contributed by atoms with Gasteiger partial charge in [0, 0.05) is 24.2 Å². The first kappa shape index (κ1) is 19.0. The third-order valence-corrected chi connectivity index (χ3v) is 5.00. The maximum Gasteiger partial charge on any atom is 0.337 e. The molecule has 0 bridgehead atoms. The van der Waals surface area contributed by atoms with Crippen molar-refractivity contribution >= 4 is 22.8 Å². The van der Waals surface area contributed by atoms with Crippen LogP contribution >= 0.6 is 11.6 Å². The van der Waals surface area contributed by atoms with Crippen molar-refractivity contribution < 1.29 is 4.74 Å². The molecule has 2 aromatic heterocycles. The number of hydrogen-bond acceptors (Lipinski definition) is 4. The minimum absolute atomic E-state index is 0.250. The highest BCUT2D eigenvalue weighted by Crippen LogP contribution is 2.19. The van der Waals surface area contributed by atoms with Crippen LogP contribution in [0.25, 0.3) is 16.9 Å². The number of benzene rings is 2. The molecule has 7 nitrogen and oxygen atoms in total. The van der Waals surface area contributed by atoms with E-state index in [1.807, 2.05) is 18.2 Å². The molecule has 0 spiro atoms. The molecule has 0 aliphatic carbocycles. The molecule has 0 N–H and O–H groups in total. The van der Waals surface area contributed by atoms with Gasteiger partial charge in [-0.25, -0.2) is 14.3 Å². The molecule has 0 aliphatic heterocycles. The Morgan fingerprint density at radius 3 is 2.62 bits per heavy atom. The van der Waals surface area contributed by atoms with Crippen LogP contribution in [0.3, 0.4) is 0 Å². The summed E-state index contributed by atoms with van der Waals surface area (Å²) in [5.74, 6) is 0.607. The van der Waals surface area contributed by atoms with Crippen molar-refractivity contribution in [3.63, 3.8) is 0 Å². The van der Waals surface area contributed by atoms with E-state index in [0.29, 0.717) is 34.2 Å². The Bertz CT molecular complexity index is 1320. The summed E-state index contributed by atoms with van der Waals surface area (Å²) in [6.45, 7) is 2.43. The average molecular weight is 411 g/mol. The number of aromatic nitrogens is 4. The zero-order valence-electron chi connectivity index (χ0n) is 16.0. The lowest BCUT2D eigenvalue weighted by atomic mass is 10.2. The van der Waals surface area contributed by atoms with Gasteiger partial charge in [-0.1, -0.05) is 29.8 Å². The molecule has 0 unspecified atom stereocenters. The Morgan fingerprint density at radius 1 is 1.10 bits per heavy atom. The van der Waals surface area contributed by atoms with Crippen LogP contribution in [0.5, 0.6) is 5.75 Å². The summed E-state index contributed by atoms with van der Waals surface area (Å²) in [5, 5.41) is 0.617. The molecule has 0 aliphatic rings. The van der Waals surface area contributed by atoms with Crippen LogP contribution in [0.1, 0.15) is 12.5 Å². The van der Waals surface area contributed by atoms with Crippen LogP contribution in [-0.2, 0) is 13.1 Å². The zero-order chi connectivity index (χ0) is 20.5. The Hall–Kier alpha value is -3.32. The second-order valence-corrected chi connectivity index (χ2v) is 6.98. The van der Waals surface area contributed by atoms with E-state index < -0.39 is 5.69 Å². The maximum atomic E-state index is 13.1. The summed E-state index contributed by atoms with van der Waals surface area (Å²) in [6.07, 6.45) is 1.57. The summed E-state index contributed by atoms with van der Waals surface area (Å²) in [5.41, 5.74) is 1.36. The fraction of sp³-hybridized carbons (Fsp3) is 0.190. The van der Waals surface area contributed by atoms with Gasteiger partial charge in [0.1, 0.15) is 5.75 Å². The van der Waals surface area contributed by atoms with Crippen molar-refractivity contribution in [3.05, 3.63) is 86.3 Å². The number of rotatable bonds is 5. The normalized spacial score (nSPS) is 11.1. The summed E-state index contributed by atoms with van der Waals surface area (Å²) in [7, 11) is 1.56. The van der Waals surface area contributed by atoms with Crippen LogP contribution in [0.4, 0.5) is 0 Å². The molecule has 8 heteroatoms. The number of nitrogens with zero attached hydrogens (tertiary/aromatic N) is 4. The zero-order valence-corrected chi connectivity index (χ0v) is 16.8. The first-order valence-electron chi connectivity index (χ1n) is 9.13. The molecule has 0 fully saturated rings. The fourth-order valence-corrected chi connectivity index (χ4v) is 3.61. The van der Waals surface area contributed by atoms with Gasteiger partial charge in [-0.3, -0.25) is 9.36 Å². The predicted octanol–water partition coefficient (Wildman–Crippen LogP) is 3.08. The summed E-state index contributed by atoms with van der Waals surface area (Å²) in [6, 6.07) is 14.5. The van der Waals surface area contributed by atoms with Crippen LogP contribution in [0.15, 0.2) is 64.4 Å². The van der Waals surface area contributed by atoms with Crippen LogP contribution < -0.4 is 16.0 Å². The lowest BCUT2D eigenvalue weighted by Gasteiger charge is -2.12. The van der Waals surface area contributed by atoms with Crippen molar-refractivity contribution in [1.82, 2.24) is 18.7 Å². The summed E-state index contributed by atoms with van der Waals surface area (Å²) < 4.78 is 9.67. The van der Waals surface area contributed by atoms with Crippen LogP contribution in [-0.4, -0.2) is 25.8 Å². The number of ether oxygens (including phenoxy) is 1. The Labute approximate surface area is 171 Å². The maximum absolute atomic E-state index is 13.1. The molecule has 29 heavy (non-hydrogen) atoms. The standard InChI is InChI=1S/C21H19ClN4O3/c1-3-25-20(27)18-19(23-13-24(18)12-14-6-4-7-15(22)10-14)26(21(25)28)16-8-5-9-17(11-16)29-2/h4-11,13H,3,12H2,1-2H3. The van der Waals surface area contributed by atoms with E-state index in [-0.39, 0.29) is 12.1 Å². The minimum atomic E-state index is -0.439. The highest BCUT2D eigenvalue weighted by molar-refractivity contribution is 6.30. The van der Waals surface area contributed by atoms with E-state index in [0.717, 1.165) is 5.56 Å². The van der Waals surface area contributed by atoms with Crippen molar-refractivity contribution in [2.45, 2.75) is 20.0 Å². The topological polar surface area (TPSA) is 71.1 Å². The lowest BCUT2D eigenvalue weighted by Crippen LogP contribution is -2.39. The van der Waals surface area contributed by atoms with Gasteiger partial charge in [-0.2, -0.15) is 0 Å². The molecule has 0 radical (unpaired) electrons. The number of hydrogen-bond donors (Lipinski definition) is 0. The SMILES string of the molecule is CCn1c(=O)c2c(ncn2Cc2cccc(Cl)c2)n(-c2cccc(OC)c2)c1=O. The van der Waals surface area contributed by atoms with Gasteiger partial charge in [0.15, 0.2) is 11.2 Å². The second kappa shape index (κ2) is 7.60. The summed E-state index contributed by atoms with van der Waals surface area (Å²) >= 11 is 6.09. The molecular weight excluding hydrogens is 392 g/mol. The van der Waals surface area contributed by atoms with Gasteiger partial charge in [0.25, 0.3) is 5.56 Å². The Balaban J connectivity index is 1.99. The molecule has 4 rings (SSSR count).